The van der Waals surface area contributed by atoms with E-state index in [1.54, 1.807) is 0 Å². The quantitative estimate of drug-likeness (QED) is 0.631. The van der Waals surface area contributed by atoms with Crippen LogP contribution in [-0.4, -0.2) is 63.8 Å². The molecule has 1 aliphatic heterocycles. The number of rotatable bonds is 7. The van der Waals surface area contributed by atoms with Crippen LogP contribution in [0.4, 0.5) is 13.2 Å². The fourth-order valence-electron chi connectivity index (χ4n) is 2.58. The minimum absolute atomic E-state index is 0.00563. The summed E-state index contributed by atoms with van der Waals surface area (Å²) in [5.74, 6) is -1.19. The molecule has 26 heavy (non-hydrogen) atoms. The first-order chi connectivity index (χ1) is 12.0. The molecule has 0 aliphatic carbocycles. The Morgan fingerprint density at radius 2 is 2.19 bits per heavy atom. The number of β-amino-alcohol motifs (C(OH)–C–C–N with tert-alkyl or cyclic N) is 1. The summed E-state index contributed by atoms with van der Waals surface area (Å²) in [6.07, 6.45) is -6.38. The third-order valence-corrected chi connectivity index (χ3v) is 5.11. The Balaban J connectivity index is 1.94. The van der Waals surface area contributed by atoms with Crippen molar-refractivity contribution >= 4 is 23.2 Å². The summed E-state index contributed by atoms with van der Waals surface area (Å²) in [6, 6.07) is 0. The fourth-order valence-corrected chi connectivity index (χ4v) is 3.50. The summed E-state index contributed by atoms with van der Waals surface area (Å²) in [5, 5.41) is 22.8. The molecular formula is C15H20F3N3O4S. The van der Waals surface area contributed by atoms with Crippen molar-refractivity contribution in [3.63, 3.8) is 0 Å². The highest BCUT2D eigenvalue weighted by Gasteiger charge is 2.58. The Kier molecular flexibility index (Phi) is 6.25. The maximum absolute atomic E-state index is 13.3. The normalized spacial score (nSPS) is 18.7. The summed E-state index contributed by atoms with van der Waals surface area (Å²) in [4.78, 5) is 28.5. The molecule has 1 saturated heterocycles. The van der Waals surface area contributed by atoms with Crippen LogP contribution in [0.3, 0.4) is 0 Å². The van der Waals surface area contributed by atoms with Crippen molar-refractivity contribution in [1.82, 2.24) is 15.2 Å². The lowest BCUT2D eigenvalue weighted by atomic mass is 9.99. The van der Waals surface area contributed by atoms with Crippen LogP contribution in [0.2, 0.25) is 0 Å². The lowest BCUT2D eigenvalue weighted by Gasteiger charge is -2.28. The van der Waals surface area contributed by atoms with E-state index < -0.39 is 35.2 Å². The van der Waals surface area contributed by atoms with Gasteiger partial charge in [-0.1, -0.05) is 0 Å². The largest absolute Gasteiger partial charge is 0.424 e. The van der Waals surface area contributed by atoms with E-state index in [4.69, 9.17) is 0 Å². The van der Waals surface area contributed by atoms with Crippen LogP contribution in [0.15, 0.2) is 5.38 Å². The molecule has 0 bridgehead atoms. The van der Waals surface area contributed by atoms with Gasteiger partial charge in [0.25, 0.3) is 0 Å². The molecule has 0 saturated carbocycles. The van der Waals surface area contributed by atoms with Gasteiger partial charge in [-0.05, 0) is 13.3 Å². The van der Waals surface area contributed by atoms with Crippen molar-refractivity contribution in [1.29, 1.82) is 0 Å². The molecule has 2 atom stereocenters. The van der Waals surface area contributed by atoms with Crippen molar-refractivity contribution in [2.75, 3.05) is 19.6 Å². The number of thiazole rings is 1. The van der Waals surface area contributed by atoms with Crippen molar-refractivity contribution in [3.05, 3.63) is 16.1 Å². The van der Waals surface area contributed by atoms with E-state index in [9.17, 15) is 33.0 Å². The van der Waals surface area contributed by atoms with Gasteiger partial charge in [-0.3, -0.25) is 9.59 Å². The number of carbonyl (C=O) groups is 2. The van der Waals surface area contributed by atoms with Crippen LogP contribution in [0.25, 0.3) is 0 Å². The summed E-state index contributed by atoms with van der Waals surface area (Å²) < 4.78 is 39.9. The van der Waals surface area contributed by atoms with E-state index in [2.05, 4.69) is 10.3 Å². The molecule has 1 fully saturated rings. The lowest BCUT2D eigenvalue weighted by Crippen LogP contribution is -2.47. The molecule has 2 heterocycles. The first-order valence-electron chi connectivity index (χ1n) is 7.97. The number of likely N-dealkylation sites (tertiary alicyclic amines) is 1. The van der Waals surface area contributed by atoms with E-state index in [1.165, 1.54) is 17.2 Å². The van der Waals surface area contributed by atoms with Crippen LogP contribution in [-0.2, 0) is 15.2 Å². The van der Waals surface area contributed by atoms with Crippen molar-refractivity contribution < 1.29 is 33.0 Å². The van der Waals surface area contributed by atoms with Gasteiger partial charge < -0.3 is 20.4 Å². The molecule has 2 rings (SSSR count). The van der Waals surface area contributed by atoms with Crippen molar-refractivity contribution in [3.8, 4) is 0 Å². The molecule has 1 aromatic heterocycles. The molecule has 3 N–H and O–H groups in total. The minimum atomic E-state index is -5.09. The maximum atomic E-state index is 13.3. The minimum Gasteiger partial charge on any atom is -0.389 e. The predicted octanol–water partition coefficient (Wildman–Crippen LogP) is 0.691. The van der Waals surface area contributed by atoms with Gasteiger partial charge in [-0.15, -0.1) is 11.3 Å². The first-order valence-corrected chi connectivity index (χ1v) is 8.85. The van der Waals surface area contributed by atoms with Crippen molar-refractivity contribution in [2.45, 2.75) is 44.1 Å². The van der Waals surface area contributed by atoms with Gasteiger partial charge in [0.2, 0.25) is 17.4 Å². The number of halogens is 3. The number of aromatic nitrogens is 1. The van der Waals surface area contributed by atoms with Gasteiger partial charge in [0, 0.05) is 37.1 Å². The number of alkyl halides is 3. The fraction of sp³-hybridized carbons (Fsp3) is 0.667. The van der Waals surface area contributed by atoms with Gasteiger partial charge in [0.05, 0.1) is 12.5 Å². The van der Waals surface area contributed by atoms with E-state index in [0.29, 0.717) is 36.4 Å². The molecule has 1 aromatic rings. The number of amides is 2. The molecule has 11 heteroatoms. The zero-order valence-corrected chi connectivity index (χ0v) is 14.9. The Labute approximate surface area is 151 Å². The van der Waals surface area contributed by atoms with Crippen LogP contribution in [0.5, 0.6) is 0 Å². The van der Waals surface area contributed by atoms with E-state index in [1.807, 2.05) is 0 Å². The zero-order chi connectivity index (χ0) is 19.5. The average Bonchev–Trinajstić information content (AvgIpc) is 3.13. The third kappa shape index (κ3) is 4.71. The topological polar surface area (TPSA) is 103 Å². The monoisotopic (exact) mass is 395 g/mol. The van der Waals surface area contributed by atoms with Gasteiger partial charge in [0.15, 0.2) is 0 Å². The molecule has 2 unspecified atom stereocenters. The number of aliphatic hydroxyl groups is 2. The second kappa shape index (κ2) is 7.89. The molecule has 146 valence electrons. The number of aliphatic hydroxyl groups excluding tert-OH is 1. The molecule has 0 spiro atoms. The van der Waals surface area contributed by atoms with E-state index in [0.717, 1.165) is 0 Å². The van der Waals surface area contributed by atoms with Crippen molar-refractivity contribution in [2.24, 2.45) is 0 Å². The lowest BCUT2D eigenvalue weighted by molar-refractivity contribution is -0.267. The molecular weight excluding hydrogens is 375 g/mol. The summed E-state index contributed by atoms with van der Waals surface area (Å²) in [7, 11) is 0. The van der Waals surface area contributed by atoms with Crippen LogP contribution in [0.1, 0.15) is 30.0 Å². The van der Waals surface area contributed by atoms with Gasteiger partial charge in [0.1, 0.15) is 5.01 Å². The molecule has 0 aromatic carbocycles. The summed E-state index contributed by atoms with van der Waals surface area (Å²) >= 11 is 0.617. The smallest absolute Gasteiger partial charge is 0.389 e. The standard InChI is InChI=1S/C15H20F3N3O4S/c1-9-8-26-13(20-9)14(25,15(16,17)18)5-11(23)19-6-10(22)7-21-4-2-3-12(21)24/h8,10,22,25H,2-7H2,1H3,(H,19,23). The first kappa shape index (κ1) is 20.6. The number of hydrogen-bond donors (Lipinski definition) is 3. The SMILES string of the molecule is Cc1csc(C(O)(CC(=O)NCC(O)CN2CCCC2=O)C(F)(F)F)n1. The van der Waals surface area contributed by atoms with Crippen LogP contribution in [0, 0.1) is 6.92 Å². The highest BCUT2D eigenvalue weighted by Crippen LogP contribution is 2.42. The van der Waals surface area contributed by atoms with Gasteiger partial charge >= 0.3 is 6.18 Å². The summed E-state index contributed by atoms with van der Waals surface area (Å²) in [5.41, 5.74) is -3.09. The number of nitrogens with zero attached hydrogens (tertiary/aromatic N) is 2. The molecule has 2 amide bonds. The third-order valence-electron chi connectivity index (χ3n) is 4.00. The predicted molar refractivity (Wildman–Crippen MR) is 86.3 cm³/mol. The maximum Gasteiger partial charge on any atom is 0.424 e. The Morgan fingerprint density at radius 3 is 2.69 bits per heavy atom. The Hall–Kier alpha value is -1.72. The second-order valence-corrected chi connectivity index (χ2v) is 7.09. The van der Waals surface area contributed by atoms with Crippen LogP contribution >= 0.6 is 11.3 Å². The number of carbonyl (C=O) groups excluding carboxylic acids is 2. The summed E-state index contributed by atoms with van der Waals surface area (Å²) in [6.45, 7) is 1.65. The number of hydrogen-bond acceptors (Lipinski definition) is 6. The van der Waals surface area contributed by atoms with Crippen LogP contribution < -0.4 is 5.32 Å². The Morgan fingerprint density at radius 1 is 1.50 bits per heavy atom. The van der Waals surface area contributed by atoms with Gasteiger partial charge in [-0.2, -0.15) is 13.2 Å². The molecule has 7 nitrogen and oxygen atoms in total. The van der Waals surface area contributed by atoms with E-state index in [-0.39, 0.29) is 19.0 Å². The highest BCUT2D eigenvalue weighted by atomic mass is 32.1. The highest BCUT2D eigenvalue weighted by molar-refractivity contribution is 7.09. The van der Waals surface area contributed by atoms with Gasteiger partial charge in [-0.25, -0.2) is 4.98 Å². The average molecular weight is 395 g/mol. The molecule has 1 aliphatic rings. The van der Waals surface area contributed by atoms with E-state index >= 15 is 0 Å². The number of nitrogens with one attached hydrogen (secondary N) is 1. The second-order valence-electron chi connectivity index (χ2n) is 6.23. The zero-order valence-electron chi connectivity index (χ0n) is 14.0. The molecule has 0 radical (unpaired) electrons. The number of aryl methyl sites for hydroxylation is 1. The Bertz CT molecular complexity index is 667.